The number of nitro groups is 1. The van der Waals surface area contributed by atoms with Crippen molar-refractivity contribution >= 4 is 18.0 Å². The number of aromatic nitrogens is 1. The van der Waals surface area contributed by atoms with Gasteiger partial charge in [0.05, 0.1) is 34.6 Å². The van der Waals surface area contributed by atoms with Crippen LogP contribution in [0.3, 0.4) is 0 Å². The van der Waals surface area contributed by atoms with Gasteiger partial charge in [-0.3, -0.25) is 15.1 Å². The summed E-state index contributed by atoms with van der Waals surface area (Å²) in [6.07, 6.45) is -2.33. The molecule has 0 amide bonds. The summed E-state index contributed by atoms with van der Waals surface area (Å²) in [6.45, 7) is 6.15. The number of aliphatic hydroxyl groups excluding tert-OH is 1. The molecule has 0 atom stereocenters. The summed E-state index contributed by atoms with van der Waals surface area (Å²) >= 11 is 0. The fourth-order valence-electron chi connectivity index (χ4n) is 2.74. The second-order valence-electron chi connectivity index (χ2n) is 6.92. The van der Waals surface area contributed by atoms with E-state index in [0.717, 1.165) is 0 Å². The van der Waals surface area contributed by atoms with E-state index in [0.29, 0.717) is 0 Å². The minimum absolute atomic E-state index is 0.0795. The van der Waals surface area contributed by atoms with Gasteiger partial charge in [-0.05, 0) is 33.3 Å². The van der Waals surface area contributed by atoms with E-state index in [2.05, 4.69) is 4.98 Å². The Morgan fingerprint density at radius 1 is 1.12 bits per heavy atom. The van der Waals surface area contributed by atoms with Crippen LogP contribution < -0.4 is 9.47 Å². The molecule has 1 aromatic carbocycles. The van der Waals surface area contributed by atoms with E-state index in [1.165, 1.54) is 24.3 Å². The third-order valence-electron chi connectivity index (χ3n) is 4.02. The van der Waals surface area contributed by atoms with Gasteiger partial charge in [0, 0.05) is 25.2 Å². The van der Waals surface area contributed by atoms with Crippen molar-refractivity contribution in [1.82, 2.24) is 4.98 Å². The summed E-state index contributed by atoms with van der Waals surface area (Å²) in [7, 11) is 0. The number of aliphatic hydroxyl groups is 1. The number of hydrogen-bond acceptors (Lipinski definition) is 10. The van der Waals surface area contributed by atoms with Crippen molar-refractivity contribution < 1.29 is 38.6 Å². The Bertz CT molecular complexity index is 1010. The van der Waals surface area contributed by atoms with Crippen LogP contribution in [-0.4, -0.2) is 46.6 Å². The molecule has 11 heteroatoms. The molecule has 0 fully saturated rings. The molecule has 0 bridgehead atoms. The first-order chi connectivity index (χ1) is 15.1. The zero-order valence-electron chi connectivity index (χ0n) is 18.1. The summed E-state index contributed by atoms with van der Waals surface area (Å²) in [5, 5.41) is 20.1. The lowest BCUT2D eigenvalue weighted by Gasteiger charge is -2.18. The van der Waals surface area contributed by atoms with E-state index in [9.17, 15) is 19.7 Å². The number of ether oxygens (including phenoxy) is 4. The molecule has 0 aliphatic heterocycles. The summed E-state index contributed by atoms with van der Waals surface area (Å²) in [6, 6.07) is 5.52. The van der Waals surface area contributed by atoms with Crippen molar-refractivity contribution in [3.63, 3.8) is 0 Å². The molecule has 0 spiro atoms. The molecule has 2 aromatic rings. The number of nitrogens with zero attached hydrogens (tertiary/aromatic N) is 2. The third kappa shape index (κ3) is 6.38. The summed E-state index contributed by atoms with van der Waals surface area (Å²) in [5.74, 6) is -0.183. The van der Waals surface area contributed by atoms with E-state index in [1.54, 1.807) is 27.7 Å². The van der Waals surface area contributed by atoms with Crippen LogP contribution >= 0.6 is 0 Å². The quantitative estimate of drug-likeness (QED) is 0.271. The van der Waals surface area contributed by atoms with Crippen molar-refractivity contribution in [1.29, 1.82) is 0 Å². The summed E-state index contributed by atoms with van der Waals surface area (Å²) in [5.41, 5.74) is 0.650. The molecule has 2 rings (SSSR count). The van der Waals surface area contributed by atoms with E-state index < -0.39 is 23.3 Å². The highest BCUT2D eigenvalue weighted by molar-refractivity contribution is 5.84. The molecule has 32 heavy (non-hydrogen) atoms. The van der Waals surface area contributed by atoms with Gasteiger partial charge in [-0.1, -0.05) is 12.1 Å². The smallest absolute Gasteiger partial charge is 0.434 e. The van der Waals surface area contributed by atoms with Gasteiger partial charge in [-0.15, -0.1) is 0 Å². The fraction of sp³-hybridized carbons (Fsp3) is 0.381. The highest BCUT2D eigenvalue weighted by Crippen LogP contribution is 2.43. The second-order valence-corrected chi connectivity index (χ2v) is 6.92. The Morgan fingerprint density at radius 2 is 1.75 bits per heavy atom. The lowest BCUT2D eigenvalue weighted by atomic mass is 10.0. The van der Waals surface area contributed by atoms with Crippen LogP contribution in [0.4, 0.5) is 15.3 Å². The molecular formula is C21H24N2O9. The first-order valence-corrected chi connectivity index (χ1v) is 9.74. The van der Waals surface area contributed by atoms with Gasteiger partial charge in [0.2, 0.25) is 0 Å². The lowest BCUT2D eigenvalue weighted by molar-refractivity contribution is -0.384. The molecule has 1 aromatic heterocycles. The van der Waals surface area contributed by atoms with Gasteiger partial charge >= 0.3 is 12.3 Å². The Kier molecular flexibility index (Phi) is 8.47. The largest absolute Gasteiger partial charge is 0.514 e. The van der Waals surface area contributed by atoms with Crippen LogP contribution in [0.1, 0.15) is 31.7 Å². The van der Waals surface area contributed by atoms with Crippen molar-refractivity contribution in [3.8, 4) is 22.6 Å². The van der Waals surface area contributed by atoms with Crippen LogP contribution in [0.2, 0.25) is 0 Å². The Hall–Kier alpha value is -3.73. The van der Waals surface area contributed by atoms with E-state index in [-0.39, 0.29) is 59.3 Å². The molecule has 0 aliphatic rings. The second kappa shape index (κ2) is 11.0. The van der Waals surface area contributed by atoms with E-state index in [4.69, 9.17) is 24.1 Å². The molecule has 0 saturated heterocycles. The molecule has 1 N–H and O–H groups in total. The topological polar surface area (TPSA) is 147 Å². The Balaban J connectivity index is 2.62. The van der Waals surface area contributed by atoms with E-state index >= 15 is 0 Å². The van der Waals surface area contributed by atoms with Gasteiger partial charge < -0.3 is 24.1 Å². The van der Waals surface area contributed by atoms with Crippen molar-refractivity contribution in [2.24, 2.45) is 0 Å². The van der Waals surface area contributed by atoms with Gasteiger partial charge in [-0.25, -0.2) is 9.59 Å². The van der Waals surface area contributed by atoms with Gasteiger partial charge in [0.1, 0.15) is 0 Å². The maximum Gasteiger partial charge on any atom is 0.514 e. The molecule has 0 saturated carbocycles. The number of carbonyl (C=O) groups excluding carboxylic acids is 2. The molecule has 1 heterocycles. The maximum absolute atomic E-state index is 12.2. The highest BCUT2D eigenvalue weighted by Gasteiger charge is 2.26. The maximum atomic E-state index is 12.2. The van der Waals surface area contributed by atoms with Crippen LogP contribution in [0, 0.1) is 24.0 Å². The normalized spacial score (nSPS) is 10.6. The number of aryl methyl sites for hydroxylation is 2. The zero-order valence-corrected chi connectivity index (χ0v) is 18.1. The summed E-state index contributed by atoms with van der Waals surface area (Å²) < 4.78 is 20.6. The van der Waals surface area contributed by atoms with Crippen LogP contribution in [-0.2, 0) is 9.47 Å². The molecule has 0 aliphatic carbocycles. The monoisotopic (exact) mass is 448 g/mol. The number of non-ortho nitro benzene ring substituents is 1. The number of benzene rings is 1. The third-order valence-corrected chi connectivity index (χ3v) is 4.02. The zero-order chi connectivity index (χ0) is 23.8. The molecular weight excluding hydrogens is 424 g/mol. The van der Waals surface area contributed by atoms with Gasteiger partial charge in [-0.2, -0.15) is 0 Å². The number of carbonyl (C=O) groups is 2. The Morgan fingerprint density at radius 3 is 2.31 bits per heavy atom. The molecule has 172 valence electrons. The number of nitro benzene ring substituents is 1. The predicted molar refractivity (Wildman–Crippen MR) is 112 cm³/mol. The molecule has 0 unspecified atom stereocenters. The average molecular weight is 448 g/mol. The van der Waals surface area contributed by atoms with E-state index in [1.807, 2.05) is 0 Å². The van der Waals surface area contributed by atoms with Crippen molar-refractivity contribution in [2.45, 2.75) is 40.2 Å². The van der Waals surface area contributed by atoms with Crippen molar-refractivity contribution in [3.05, 3.63) is 45.8 Å². The molecule has 0 radical (unpaired) electrons. The highest BCUT2D eigenvalue weighted by atomic mass is 16.7. The standard InChI is InChI=1S/C21H24N2O9/c1-12(2)30-21(26)32-19-14(4)22-13(3)18(31-20(25)29-10-6-9-24)17(19)15-7-5-8-16(11-15)23(27)28/h5,7-8,11-12,24H,6,9-10H2,1-4H3. The van der Waals surface area contributed by atoms with Crippen LogP contribution in [0.5, 0.6) is 11.5 Å². The fourth-order valence-corrected chi connectivity index (χ4v) is 2.74. The first kappa shape index (κ1) is 24.5. The average Bonchev–Trinajstić information content (AvgIpc) is 2.71. The summed E-state index contributed by atoms with van der Waals surface area (Å²) in [4.78, 5) is 39.3. The number of pyridine rings is 1. The van der Waals surface area contributed by atoms with Crippen LogP contribution in [0.25, 0.3) is 11.1 Å². The molecule has 11 nitrogen and oxygen atoms in total. The number of rotatable bonds is 8. The van der Waals surface area contributed by atoms with Crippen LogP contribution in [0.15, 0.2) is 24.3 Å². The van der Waals surface area contributed by atoms with Gasteiger partial charge in [0.25, 0.3) is 5.69 Å². The SMILES string of the molecule is Cc1nc(C)c(OC(=O)OC(C)C)c(-c2cccc([N+](=O)[O-])c2)c1OC(=O)OCCCO. The lowest BCUT2D eigenvalue weighted by Crippen LogP contribution is -2.18. The predicted octanol–water partition coefficient (Wildman–Crippen LogP) is 4.10. The first-order valence-electron chi connectivity index (χ1n) is 9.74. The van der Waals surface area contributed by atoms with Gasteiger partial charge in [0.15, 0.2) is 11.5 Å². The van der Waals surface area contributed by atoms with Crippen molar-refractivity contribution in [2.75, 3.05) is 13.2 Å². The minimum atomic E-state index is -1.07. The minimum Gasteiger partial charge on any atom is -0.434 e. The Labute approximate surface area is 184 Å². The number of hydrogen-bond donors (Lipinski definition) is 1.